The van der Waals surface area contributed by atoms with Gasteiger partial charge in [0, 0.05) is 6.54 Å². The van der Waals surface area contributed by atoms with Gasteiger partial charge in [0.25, 0.3) is 0 Å². The van der Waals surface area contributed by atoms with Crippen LogP contribution in [0.2, 0.25) is 0 Å². The maximum atomic E-state index is 13.5. The highest BCUT2D eigenvalue weighted by molar-refractivity contribution is 5.50. The van der Waals surface area contributed by atoms with E-state index in [9.17, 15) is 8.78 Å². The average Bonchev–Trinajstić information content (AvgIpc) is 2.28. The van der Waals surface area contributed by atoms with Crippen molar-refractivity contribution in [2.24, 2.45) is 5.92 Å². The van der Waals surface area contributed by atoms with Crippen LogP contribution >= 0.6 is 0 Å². The number of rotatable bonds is 5. The zero-order chi connectivity index (χ0) is 12.8. The molecule has 1 aromatic rings. The maximum absolute atomic E-state index is 13.5. The van der Waals surface area contributed by atoms with Crippen molar-refractivity contribution in [1.82, 2.24) is 5.32 Å². The van der Waals surface area contributed by atoms with Crippen molar-refractivity contribution in [3.63, 3.8) is 0 Å². The van der Waals surface area contributed by atoms with Crippen LogP contribution in [0.1, 0.15) is 12.5 Å². The Kier molecular flexibility index (Phi) is 4.85. The van der Waals surface area contributed by atoms with Gasteiger partial charge >= 0.3 is 0 Å². The van der Waals surface area contributed by atoms with Gasteiger partial charge in [-0.2, -0.15) is 5.26 Å². The molecule has 0 heterocycles. The second-order valence-corrected chi connectivity index (χ2v) is 3.97. The van der Waals surface area contributed by atoms with Crippen LogP contribution in [0.3, 0.4) is 0 Å². The van der Waals surface area contributed by atoms with Crippen LogP contribution in [0.15, 0.2) is 12.1 Å². The third-order valence-electron chi connectivity index (χ3n) is 2.35. The van der Waals surface area contributed by atoms with Crippen LogP contribution in [0, 0.1) is 28.9 Å². The second-order valence-electron chi connectivity index (χ2n) is 3.97. The van der Waals surface area contributed by atoms with E-state index >= 15 is 0 Å². The zero-order valence-electron chi connectivity index (χ0n) is 9.85. The summed E-state index contributed by atoms with van der Waals surface area (Å²) in [6.07, 6.45) is 0. The van der Waals surface area contributed by atoms with Gasteiger partial charge in [0.2, 0.25) is 0 Å². The van der Waals surface area contributed by atoms with Crippen LogP contribution in [-0.2, 0) is 0 Å². The summed E-state index contributed by atoms with van der Waals surface area (Å²) < 4.78 is 26.9. The Labute approximate surface area is 99.4 Å². The summed E-state index contributed by atoms with van der Waals surface area (Å²) in [7, 11) is 1.82. The molecular formula is C12H15F2N3. The quantitative estimate of drug-likeness (QED) is 0.827. The van der Waals surface area contributed by atoms with Crippen LogP contribution in [0.5, 0.6) is 0 Å². The Hall–Kier alpha value is -1.67. The van der Waals surface area contributed by atoms with E-state index < -0.39 is 11.6 Å². The van der Waals surface area contributed by atoms with Gasteiger partial charge in [-0.15, -0.1) is 0 Å². The van der Waals surface area contributed by atoms with Gasteiger partial charge in [-0.1, -0.05) is 6.92 Å². The van der Waals surface area contributed by atoms with Crippen LogP contribution in [0.4, 0.5) is 14.5 Å². The van der Waals surface area contributed by atoms with E-state index in [1.54, 1.807) is 6.07 Å². The van der Waals surface area contributed by atoms with Crippen molar-refractivity contribution < 1.29 is 8.78 Å². The van der Waals surface area contributed by atoms with Gasteiger partial charge in [-0.3, -0.25) is 0 Å². The summed E-state index contributed by atoms with van der Waals surface area (Å²) in [6, 6.07) is 3.75. The molecule has 0 aliphatic rings. The standard InChI is InChI=1S/C12H15F2N3/c1-8(6-16-2)7-17-12-10(13)3-9(5-15)4-11(12)14/h3-4,8,16-17H,6-7H2,1-2H3. The van der Waals surface area contributed by atoms with Crippen molar-refractivity contribution in [1.29, 1.82) is 5.26 Å². The number of nitrogens with one attached hydrogen (secondary N) is 2. The van der Waals surface area contributed by atoms with Crippen LogP contribution in [-0.4, -0.2) is 20.1 Å². The lowest BCUT2D eigenvalue weighted by atomic mass is 10.1. The van der Waals surface area contributed by atoms with Crippen molar-refractivity contribution in [2.45, 2.75) is 6.92 Å². The summed E-state index contributed by atoms with van der Waals surface area (Å²) in [4.78, 5) is 0. The summed E-state index contributed by atoms with van der Waals surface area (Å²) >= 11 is 0. The molecule has 0 fully saturated rings. The molecule has 0 spiro atoms. The molecule has 1 aromatic carbocycles. The molecule has 0 saturated carbocycles. The Morgan fingerprint density at radius 1 is 1.29 bits per heavy atom. The Bertz CT molecular complexity index is 403. The van der Waals surface area contributed by atoms with Gasteiger partial charge in [0.15, 0.2) is 11.6 Å². The van der Waals surface area contributed by atoms with E-state index in [4.69, 9.17) is 5.26 Å². The topological polar surface area (TPSA) is 47.8 Å². The Balaban J connectivity index is 2.75. The molecule has 0 saturated heterocycles. The van der Waals surface area contributed by atoms with Gasteiger partial charge in [0.1, 0.15) is 5.69 Å². The monoisotopic (exact) mass is 239 g/mol. The highest BCUT2D eigenvalue weighted by atomic mass is 19.1. The highest BCUT2D eigenvalue weighted by Crippen LogP contribution is 2.20. The van der Waals surface area contributed by atoms with Crippen LogP contribution < -0.4 is 10.6 Å². The van der Waals surface area contributed by atoms with E-state index in [-0.39, 0.29) is 17.2 Å². The minimum absolute atomic E-state index is 0.0196. The minimum atomic E-state index is -0.738. The SMILES string of the molecule is CNCC(C)CNc1c(F)cc(C#N)cc1F. The maximum Gasteiger partial charge on any atom is 0.150 e. The van der Waals surface area contributed by atoms with E-state index in [1.165, 1.54) is 0 Å². The van der Waals surface area contributed by atoms with E-state index in [0.29, 0.717) is 6.54 Å². The lowest BCUT2D eigenvalue weighted by molar-refractivity contribution is 0.554. The molecule has 1 atom stereocenters. The fourth-order valence-electron chi connectivity index (χ4n) is 1.50. The van der Waals surface area contributed by atoms with Gasteiger partial charge in [-0.05, 0) is 31.6 Å². The van der Waals surface area contributed by atoms with Crippen molar-refractivity contribution in [2.75, 3.05) is 25.5 Å². The predicted molar refractivity (Wildman–Crippen MR) is 62.7 cm³/mol. The molecule has 17 heavy (non-hydrogen) atoms. The fourth-order valence-corrected chi connectivity index (χ4v) is 1.50. The van der Waals surface area contributed by atoms with Crippen molar-refractivity contribution >= 4 is 5.69 Å². The molecule has 0 bridgehead atoms. The molecule has 1 unspecified atom stereocenters. The Morgan fingerprint density at radius 2 is 1.88 bits per heavy atom. The second kappa shape index (κ2) is 6.16. The molecule has 0 aliphatic carbocycles. The predicted octanol–water partition coefficient (Wildman–Crippen LogP) is 2.10. The van der Waals surface area contributed by atoms with E-state index in [2.05, 4.69) is 10.6 Å². The minimum Gasteiger partial charge on any atom is -0.380 e. The first kappa shape index (κ1) is 13.4. The van der Waals surface area contributed by atoms with Gasteiger partial charge in [-0.25, -0.2) is 8.78 Å². The number of hydrogen-bond acceptors (Lipinski definition) is 3. The van der Waals surface area contributed by atoms with Crippen molar-refractivity contribution in [3.05, 3.63) is 29.3 Å². The zero-order valence-corrected chi connectivity index (χ0v) is 9.85. The number of anilines is 1. The molecule has 5 heteroatoms. The summed E-state index contributed by atoms with van der Waals surface area (Å²) in [5, 5.41) is 14.3. The smallest absolute Gasteiger partial charge is 0.150 e. The number of nitriles is 1. The lowest BCUT2D eigenvalue weighted by Crippen LogP contribution is -2.23. The summed E-state index contributed by atoms with van der Waals surface area (Å²) in [6.45, 7) is 3.18. The molecule has 92 valence electrons. The summed E-state index contributed by atoms with van der Waals surface area (Å²) in [5.74, 6) is -1.23. The molecule has 0 amide bonds. The molecule has 0 radical (unpaired) electrons. The fraction of sp³-hybridized carbons (Fsp3) is 0.417. The Morgan fingerprint density at radius 3 is 2.35 bits per heavy atom. The molecular weight excluding hydrogens is 224 g/mol. The van der Waals surface area contributed by atoms with Gasteiger partial charge < -0.3 is 10.6 Å². The first-order valence-corrected chi connectivity index (χ1v) is 5.36. The van der Waals surface area contributed by atoms with Crippen molar-refractivity contribution in [3.8, 4) is 6.07 Å². The van der Waals surface area contributed by atoms with Crippen LogP contribution in [0.25, 0.3) is 0 Å². The third kappa shape index (κ3) is 3.68. The highest BCUT2D eigenvalue weighted by Gasteiger charge is 2.11. The first-order chi connectivity index (χ1) is 8.08. The molecule has 3 nitrogen and oxygen atoms in total. The van der Waals surface area contributed by atoms with Gasteiger partial charge in [0.05, 0.1) is 11.6 Å². The number of benzene rings is 1. The molecule has 2 N–H and O–H groups in total. The number of hydrogen-bond donors (Lipinski definition) is 2. The lowest BCUT2D eigenvalue weighted by Gasteiger charge is -2.14. The van der Waals surface area contributed by atoms with E-state index in [0.717, 1.165) is 18.7 Å². The first-order valence-electron chi connectivity index (χ1n) is 5.36. The third-order valence-corrected chi connectivity index (χ3v) is 2.35. The normalized spacial score (nSPS) is 11.9. The van der Waals surface area contributed by atoms with E-state index in [1.807, 2.05) is 14.0 Å². The average molecular weight is 239 g/mol. The summed E-state index contributed by atoms with van der Waals surface area (Å²) in [5.41, 5.74) is -0.194. The largest absolute Gasteiger partial charge is 0.380 e. The molecule has 1 rings (SSSR count). The molecule has 0 aromatic heterocycles. The molecule has 0 aliphatic heterocycles. The number of halogens is 2. The number of nitrogens with zero attached hydrogens (tertiary/aromatic N) is 1.